The highest BCUT2D eigenvalue weighted by atomic mass is 16.7. The number of allylic oxidation sites excluding steroid dienone is 5. The lowest BCUT2D eigenvalue weighted by Gasteiger charge is -2.36. The van der Waals surface area contributed by atoms with Crippen LogP contribution in [0.3, 0.4) is 0 Å². The summed E-state index contributed by atoms with van der Waals surface area (Å²) in [4.78, 5) is 0. The molecule has 2 heterocycles. The Balaban J connectivity index is 1.14. The third kappa shape index (κ3) is 8.65. The topological polar surface area (TPSA) is 66.4 Å². The third-order valence-corrected chi connectivity index (χ3v) is 8.30. The van der Waals surface area contributed by atoms with Gasteiger partial charge in [-0.3, -0.25) is 0 Å². The number of aryl methyl sites for hydroxylation is 2. The quantitative estimate of drug-likeness (QED) is 0.255. The predicted octanol–water partition coefficient (Wildman–Crippen LogP) is 8.71. The second-order valence-electron chi connectivity index (χ2n) is 12.0. The van der Waals surface area contributed by atoms with Crippen LogP contribution in [0.5, 0.6) is 23.0 Å². The van der Waals surface area contributed by atoms with Crippen LogP contribution in [0.15, 0.2) is 65.3 Å². The number of hydrogen-bond donors (Lipinski definition) is 1. The molecule has 0 unspecified atom stereocenters. The van der Waals surface area contributed by atoms with Crippen LogP contribution in [0, 0.1) is 6.92 Å². The van der Waals surface area contributed by atoms with Crippen molar-refractivity contribution in [3.8, 4) is 23.0 Å². The number of benzene rings is 2. The highest BCUT2D eigenvalue weighted by Gasteiger charge is 2.32. The number of methoxy groups -OCH3 is 2. The molecule has 0 aliphatic carbocycles. The first-order chi connectivity index (χ1) is 20.2. The normalized spacial score (nSPS) is 21.0. The summed E-state index contributed by atoms with van der Waals surface area (Å²) in [6.45, 7) is 9.83. The van der Waals surface area contributed by atoms with Crippen LogP contribution in [0.4, 0.5) is 0 Å². The molecule has 2 aliphatic rings. The Labute approximate surface area is 252 Å². The molecule has 228 valence electrons. The van der Waals surface area contributed by atoms with E-state index >= 15 is 0 Å². The molecule has 6 nitrogen and oxygen atoms in total. The van der Waals surface area contributed by atoms with E-state index in [-0.39, 0.29) is 5.60 Å². The second-order valence-corrected chi connectivity index (χ2v) is 12.0. The van der Waals surface area contributed by atoms with Gasteiger partial charge in [0.2, 0.25) is 0 Å². The largest absolute Gasteiger partial charge is 0.508 e. The molecule has 1 saturated heterocycles. The minimum Gasteiger partial charge on any atom is -0.508 e. The summed E-state index contributed by atoms with van der Waals surface area (Å²) in [6, 6.07) is 9.36. The zero-order valence-corrected chi connectivity index (χ0v) is 26.3. The Morgan fingerprint density at radius 1 is 0.952 bits per heavy atom. The number of fused-ring (bicyclic) bond motifs is 1. The standard InChI is InChI=1S/C36H48O6/c1-25(12-8-14-28-23-40-35(41-24-28)30-15-16-32(38-5)33(22-30)39-6)10-7-11-26(2)13-9-18-36(4)19-17-29-21-31(37)20-27(3)34(29)42-36/h10,13-16,20-22,35,37H,7-9,11-12,17-19,23-24H2,1-6H3/b25-10+,26-13+,28-14?/t35?,36-/m1/s1. The van der Waals surface area contributed by atoms with Crippen LogP contribution in [0.25, 0.3) is 0 Å². The summed E-state index contributed by atoms with van der Waals surface area (Å²) in [5, 5.41) is 9.88. The summed E-state index contributed by atoms with van der Waals surface area (Å²) in [5.41, 5.74) is 6.94. The van der Waals surface area contributed by atoms with Gasteiger partial charge in [-0.1, -0.05) is 35.4 Å². The fraction of sp³-hybridized carbons (Fsp3) is 0.500. The molecule has 4 rings (SSSR count). The van der Waals surface area contributed by atoms with E-state index in [2.05, 4.69) is 39.0 Å². The van der Waals surface area contributed by atoms with Crippen molar-refractivity contribution in [2.45, 2.75) is 91.0 Å². The van der Waals surface area contributed by atoms with Gasteiger partial charge >= 0.3 is 0 Å². The van der Waals surface area contributed by atoms with Gasteiger partial charge < -0.3 is 28.8 Å². The van der Waals surface area contributed by atoms with Crippen LogP contribution in [-0.2, 0) is 15.9 Å². The first-order valence-corrected chi connectivity index (χ1v) is 15.2. The molecule has 2 aromatic rings. The number of aromatic hydroxyl groups is 1. The molecular weight excluding hydrogens is 528 g/mol. The minimum absolute atomic E-state index is 0.158. The number of hydrogen-bond acceptors (Lipinski definition) is 6. The van der Waals surface area contributed by atoms with Gasteiger partial charge in [0, 0.05) is 5.56 Å². The van der Waals surface area contributed by atoms with Crippen LogP contribution in [-0.4, -0.2) is 38.1 Å². The Kier molecular flexibility index (Phi) is 11.2. The van der Waals surface area contributed by atoms with Crippen LogP contribution < -0.4 is 14.2 Å². The lowest BCUT2D eigenvalue weighted by Crippen LogP contribution is -2.36. The molecule has 2 aliphatic heterocycles. The van der Waals surface area contributed by atoms with Crippen molar-refractivity contribution in [3.05, 3.63) is 82.0 Å². The van der Waals surface area contributed by atoms with Gasteiger partial charge in [0.25, 0.3) is 0 Å². The number of ether oxygens (including phenoxy) is 5. The Morgan fingerprint density at radius 2 is 1.64 bits per heavy atom. The summed E-state index contributed by atoms with van der Waals surface area (Å²) in [7, 11) is 3.26. The predicted molar refractivity (Wildman–Crippen MR) is 168 cm³/mol. The van der Waals surface area contributed by atoms with Crippen molar-refractivity contribution in [3.63, 3.8) is 0 Å². The zero-order chi connectivity index (χ0) is 30.1. The van der Waals surface area contributed by atoms with E-state index in [1.807, 2.05) is 31.2 Å². The molecule has 1 atom stereocenters. The third-order valence-electron chi connectivity index (χ3n) is 8.30. The molecule has 0 amide bonds. The molecule has 0 aromatic heterocycles. The molecule has 1 N–H and O–H groups in total. The van der Waals surface area contributed by atoms with E-state index in [1.54, 1.807) is 20.3 Å². The van der Waals surface area contributed by atoms with Gasteiger partial charge in [-0.05, 0) is 120 Å². The molecule has 1 fully saturated rings. The molecule has 0 bridgehead atoms. The van der Waals surface area contributed by atoms with E-state index in [0.29, 0.717) is 30.5 Å². The maximum Gasteiger partial charge on any atom is 0.184 e. The zero-order valence-electron chi connectivity index (χ0n) is 26.3. The monoisotopic (exact) mass is 576 g/mol. The molecule has 6 heteroatoms. The first kappa shape index (κ1) is 31.7. The summed E-state index contributed by atoms with van der Waals surface area (Å²) >= 11 is 0. The second kappa shape index (κ2) is 14.8. The number of phenols is 1. The van der Waals surface area contributed by atoms with Gasteiger partial charge in [-0.25, -0.2) is 0 Å². The molecule has 0 radical (unpaired) electrons. The highest BCUT2D eigenvalue weighted by molar-refractivity contribution is 5.48. The fourth-order valence-corrected chi connectivity index (χ4v) is 5.67. The fourth-order valence-electron chi connectivity index (χ4n) is 5.67. The molecule has 0 spiro atoms. The summed E-state index contributed by atoms with van der Waals surface area (Å²) < 4.78 is 29.1. The van der Waals surface area contributed by atoms with Gasteiger partial charge in [0.05, 0.1) is 27.4 Å². The average molecular weight is 577 g/mol. The van der Waals surface area contributed by atoms with Gasteiger partial charge in [-0.15, -0.1) is 0 Å². The number of phenolic OH excluding ortho intramolecular Hbond substituents is 1. The maximum absolute atomic E-state index is 9.88. The summed E-state index contributed by atoms with van der Waals surface area (Å²) in [6.07, 6.45) is 14.7. The Morgan fingerprint density at radius 3 is 2.36 bits per heavy atom. The Hall–Kier alpha value is -3.22. The van der Waals surface area contributed by atoms with Crippen molar-refractivity contribution in [1.29, 1.82) is 0 Å². The first-order valence-electron chi connectivity index (χ1n) is 15.2. The minimum atomic E-state index is -0.394. The van der Waals surface area contributed by atoms with Gasteiger partial charge in [0.15, 0.2) is 17.8 Å². The summed E-state index contributed by atoms with van der Waals surface area (Å²) in [5.74, 6) is 2.65. The van der Waals surface area contributed by atoms with Crippen molar-refractivity contribution in [2.24, 2.45) is 0 Å². The molecule has 0 saturated carbocycles. The molecular formula is C36H48O6. The van der Waals surface area contributed by atoms with Crippen LogP contribution >= 0.6 is 0 Å². The van der Waals surface area contributed by atoms with E-state index in [4.69, 9.17) is 23.7 Å². The smallest absolute Gasteiger partial charge is 0.184 e. The van der Waals surface area contributed by atoms with Gasteiger partial charge in [0.1, 0.15) is 17.1 Å². The maximum atomic E-state index is 9.88. The average Bonchev–Trinajstić information content (AvgIpc) is 2.97. The van der Waals surface area contributed by atoms with Crippen molar-refractivity contribution in [2.75, 3.05) is 27.4 Å². The van der Waals surface area contributed by atoms with E-state index in [0.717, 1.165) is 73.8 Å². The molecule has 42 heavy (non-hydrogen) atoms. The van der Waals surface area contributed by atoms with Gasteiger partial charge in [-0.2, -0.15) is 0 Å². The van der Waals surface area contributed by atoms with Crippen LogP contribution in [0.1, 0.15) is 88.7 Å². The van der Waals surface area contributed by atoms with Crippen molar-refractivity contribution < 1.29 is 28.8 Å². The SMILES string of the molecule is COc1ccc(C2OCC(=CCC/C(C)=C/CC/C(C)=C/CC[C@]3(C)CCc4cc(O)cc(C)c4O3)CO2)cc1OC. The lowest BCUT2D eigenvalue weighted by atomic mass is 9.87. The Bertz CT molecular complexity index is 1300. The number of rotatable bonds is 12. The van der Waals surface area contributed by atoms with Crippen molar-refractivity contribution in [1.82, 2.24) is 0 Å². The van der Waals surface area contributed by atoms with Crippen molar-refractivity contribution >= 4 is 0 Å². The molecule has 2 aromatic carbocycles. The lowest BCUT2D eigenvalue weighted by molar-refractivity contribution is -0.161. The highest BCUT2D eigenvalue weighted by Crippen LogP contribution is 2.40. The van der Waals surface area contributed by atoms with Crippen LogP contribution in [0.2, 0.25) is 0 Å². The van der Waals surface area contributed by atoms with E-state index in [1.165, 1.54) is 16.7 Å². The van der Waals surface area contributed by atoms with E-state index in [9.17, 15) is 5.11 Å². The van der Waals surface area contributed by atoms with E-state index < -0.39 is 6.29 Å².